The third-order valence-corrected chi connectivity index (χ3v) is 1.45. The van der Waals surface area contributed by atoms with Crippen LogP contribution in [0.3, 0.4) is 0 Å². The summed E-state index contributed by atoms with van der Waals surface area (Å²) in [7, 11) is 0. The summed E-state index contributed by atoms with van der Waals surface area (Å²) in [6, 6.07) is 0. The molecule has 0 atom stereocenters. The molecule has 8 nitrogen and oxygen atoms in total. The number of carbonyl (C=O) groups is 4. The minimum Gasteiger partial charge on any atom is -0.481 e. The average Bonchev–Trinajstić information content (AvgIpc) is 2.38. The number of carbonyl (C=O) groups excluding carboxylic acids is 2. The van der Waals surface area contributed by atoms with Crippen molar-refractivity contribution in [1.82, 2.24) is 0 Å². The van der Waals surface area contributed by atoms with Gasteiger partial charge in [-0.05, 0) is 0 Å². The maximum Gasteiger partial charge on any atom is 0.330 e. The molecule has 0 aromatic carbocycles. The molecule has 114 valence electrons. The third-order valence-electron chi connectivity index (χ3n) is 1.45. The summed E-state index contributed by atoms with van der Waals surface area (Å²) in [4.78, 5) is 40.2. The van der Waals surface area contributed by atoms with Gasteiger partial charge in [-0.1, -0.05) is 13.2 Å². The van der Waals surface area contributed by atoms with Crippen molar-refractivity contribution in [3.8, 4) is 0 Å². The van der Waals surface area contributed by atoms with E-state index in [4.69, 9.17) is 10.2 Å². The van der Waals surface area contributed by atoms with Crippen LogP contribution in [0.15, 0.2) is 25.3 Å². The SMILES string of the molecule is C=CC(=O)OCCC(=O)O.C=CC(=O)OCCC(=O)O.[Zn]. The molecular weight excluding hydrogens is 338 g/mol. The Morgan fingerprint density at radius 1 is 0.810 bits per heavy atom. The van der Waals surface area contributed by atoms with E-state index in [0.29, 0.717) is 0 Å². The van der Waals surface area contributed by atoms with Crippen LogP contribution in [0.4, 0.5) is 0 Å². The Hall–Kier alpha value is -2.02. The van der Waals surface area contributed by atoms with Gasteiger partial charge >= 0.3 is 23.9 Å². The standard InChI is InChI=1S/2C6H8O4.Zn/c2*1-2-6(9)10-4-3-5(7)8;/h2*2H,1,3-4H2,(H,7,8);. The number of hydrogen-bond donors (Lipinski definition) is 2. The fourth-order valence-electron chi connectivity index (χ4n) is 0.596. The van der Waals surface area contributed by atoms with Crippen LogP contribution < -0.4 is 0 Å². The summed E-state index contributed by atoms with van der Waals surface area (Å²) >= 11 is 0. The summed E-state index contributed by atoms with van der Waals surface area (Å²) < 4.78 is 8.73. The van der Waals surface area contributed by atoms with Gasteiger partial charge in [-0.25, -0.2) is 9.59 Å². The molecule has 0 fully saturated rings. The molecule has 0 rings (SSSR count). The molecule has 0 aromatic heterocycles. The molecule has 0 amide bonds. The van der Waals surface area contributed by atoms with Crippen LogP contribution in [0.25, 0.3) is 0 Å². The van der Waals surface area contributed by atoms with Crippen LogP contribution in [0.1, 0.15) is 12.8 Å². The average molecular weight is 354 g/mol. The predicted molar refractivity (Wildman–Crippen MR) is 66.8 cm³/mol. The summed E-state index contributed by atoms with van der Waals surface area (Å²) in [6.45, 7) is 6.08. The summed E-state index contributed by atoms with van der Waals surface area (Å²) in [6.07, 6.45) is 1.64. The largest absolute Gasteiger partial charge is 0.481 e. The van der Waals surface area contributed by atoms with Crippen molar-refractivity contribution in [2.24, 2.45) is 0 Å². The summed E-state index contributed by atoms with van der Waals surface area (Å²) in [5.74, 6) is -3.17. The first-order chi connectivity index (χ1) is 9.33. The first kappa shape index (κ1) is 24.0. The molecule has 9 heteroatoms. The minimum atomic E-state index is -0.989. The van der Waals surface area contributed by atoms with E-state index in [9.17, 15) is 19.2 Å². The van der Waals surface area contributed by atoms with Gasteiger partial charge in [-0.2, -0.15) is 0 Å². The molecule has 2 N–H and O–H groups in total. The van der Waals surface area contributed by atoms with Crippen molar-refractivity contribution < 1.29 is 58.3 Å². The van der Waals surface area contributed by atoms with Crippen LogP contribution in [-0.2, 0) is 48.1 Å². The zero-order chi connectivity index (χ0) is 16.0. The number of esters is 2. The molecule has 0 aromatic rings. The van der Waals surface area contributed by atoms with Crippen molar-refractivity contribution in [2.45, 2.75) is 12.8 Å². The third kappa shape index (κ3) is 23.5. The second-order valence-electron chi connectivity index (χ2n) is 3.03. The minimum absolute atomic E-state index is 0. The second-order valence-corrected chi connectivity index (χ2v) is 3.03. The second kappa shape index (κ2) is 16.0. The molecule has 0 saturated heterocycles. The van der Waals surface area contributed by atoms with Crippen molar-refractivity contribution in [3.63, 3.8) is 0 Å². The van der Waals surface area contributed by atoms with Gasteiger partial charge in [-0.3, -0.25) is 9.59 Å². The Bertz CT molecular complexity index is 341. The van der Waals surface area contributed by atoms with Gasteiger partial charge in [0.05, 0.1) is 12.8 Å². The van der Waals surface area contributed by atoms with E-state index < -0.39 is 23.9 Å². The van der Waals surface area contributed by atoms with Gasteiger partial charge in [0.2, 0.25) is 0 Å². The normalized spacial score (nSPS) is 8.00. The van der Waals surface area contributed by atoms with Crippen LogP contribution in [0, 0.1) is 0 Å². The Balaban J connectivity index is -0.000000295. The zero-order valence-electron chi connectivity index (χ0n) is 11.4. The van der Waals surface area contributed by atoms with Gasteiger partial charge in [0, 0.05) is 31.6 Å². The number of ether oxygens (including phenoxy) is 2. The molecule has 0 saturated carbocycles. The smallest absolute Gasteiger partial charge is 0.330 e. The molecule has 0 heterocycles. The Morgan fingerprint density at radius 2 is 1.10 bits per heavy atom. The van der Waals surface area contributed by atoms with Crippen molar-refractivity contribution in [3.05, 3.63) is 25.3 Å². The molecule has 0 aliphatic rings. The van der Waals surface area contributed by atoms with E-state index >= 15 is 0 Å². The van der Waals surface area contributed by atoms with Gasteiger partial charge in [0.15, 0.2) is 0 Å². The number of aliphatic carboxylic acids is 2. The number of hydrogen-bond acceptors (Lipinski definition) is 6. The van der Waals surface area contributed by atoms with Gasteiger partial charge in [0.25, 0.3) is 0 Å². The summed E-state index contributed by atoms with van der Waals surface area (Å²) in [5.41, 5.74) is 0. The van der Waals surface area contributed by atoms with E-state index in [2.05, 4.69) is 22.6 Å². The van der Waals surface area contributed by atoms with Crippen LogP contribution in [-0.4, -0.2) is 47.3 Å². The maximum atomic E-state index is 10.3. The van der Waals surface area contributed by atoms with E-state index in [-0.39, 0.29) is 45.5 Å². The predicted octanol–water partition coefficient (Wildman–Crippen LogP) is 0.378. The molecule has 0 aliphatic carbocycles. The van der Waals surface area contributed by atoms with Crippen molar-refractivity contribution >= 4 is 23.9 Å². The Kier molecular flexibility index (Phi) is 18.4. The number of rotatable bonds is 8. The fourth-order valence-corrected chi connectivity index (χ4v) is 0.596. The van der Waals surface area contributed by atoms with Crippen molar-refractivity contribution in [1.29, 1.82) is 0 Å². The number of carboxylic acids is 2. The molecule has 0 spiro atoms. The molecular formula is C12H16O8Zn. The van der Waals surface area contributed by atoms with E-state index in [1.165, 1.54) is 0 Å². The fraction of sp³-hybridized carbons (Fsp3) is 0.333. The first-order valence-corrected chi connectivity index (χ1v) is 5.35. The number of carboxylic acid groups (broad SMARTS) is 2. The van der Waals surface area contributed by atoms with Crippen molar-refractivity contribution in [2.75, 3.05) is 13.2 Å². The molecule has 21 heavy (non-hydrogen) atoms. The van der Waals surface area contributed by atoms with Crippen LogP contribution in [0.2, 0.25) is 0 Å². The topological polar surface area (TPSA) is 127 Å². The van der Waals surface area contributed by atoms with Crippen LogP contribution >= 0.6 is 0 Å². The zero-order valence-corrected chi connectivity index (χ0v) is 14.4. The van der Waals surface area contributed by atoms with E-state index in [1.54, 1.807) is 0 Å². The molecule has 0 aliphatic heterocycles. The van der Waals surface area contributed by atoms with E-state index in [0.717, 1.165) is 12.2 Å². The van der Waals surface area contributed by atoms with Gasteiger partial charge in [-0.15, -0.1) is 0 Å². The Morgan fingerprint density at radius 3 is 1.29 bits per heavy atom. The van der Waals surface area contributed by atoms with Crippen LogP contribution in [0.5, 0.6) is 0 Å². The maximum absolute atomic E-state index is 10.3. The van der Waals surface area contributed by atoms with E-state index in [1.807, 2.05) is 0 Å². The first-order valence-electron chi connectivity index (χ1n) is 5.35. The Labute approximate surface area is 134 Å². The quantitative estimate of drug-likeness (QED) is 0.364. The molecule has 0 unspecified atom stereocenters. The van der Waals surface area contributed by atoms with Gasteiger partial charge in [0.1, 0.15) is 13.2 Å². The summed E-state index contributed by atoms with van der Waals surface area (Å²) in [5, 5.41) is 16.2. The molecule has 0 radical (unpaired) electrons. The van der Waals surface area contributed by atoms with Gasteiger partial charge < -0.3 is 19.7 Å². The monoisotopic (exact) mass is 352 g/mol. The molecule has 0 bridgehead atoms.